The van der Waals surface area contributed by atoms with Crippen molar-refractivity contribution in [2.24, 2.45) is 0 Å². The Bertz CT molecular complexity index is 342. The highest BCUT2D eigenvalue weighted by atomic mass is 16.6. The van der Waals surface area contributed by atoms with Gasteiger partial charge in [-0.2, -0.15) is 0 Å². The average Bonchev–Trinajstić information content (AvgIpc) is 2.91. The maximum absolute atomic E-state index is 11.9. The van der Waals surface area contributed by atoms with Crippen molar-refractivity contribution in [1.29, 1.82) is 0 Å². The number of rotatable bonds is 0. The largest absolute Gasteiger partial charge is 0.444 e. The number of amides is 2. The summed E-state index contributed by atoms with van der Waals surface area (Å²) in [5.74, 6) is -0.0779. The van der Waals surface area contributed by atoms with E-state index in [4.69, 9.17) is 4.74 Å². The molecule has 1 spiro atoms. The predicted octanol–water partition coefficient (Wildman–Crippen LogP) is 1.28. The molecule has 2 aliphatic rings. The van der Waals surface area contributed by atoms with Crippen LogP contribution in [0.15, 0.2) is 0 Å². The first kappa shape index (κ1) is 12.2. The zero-order chi connectivity index (χ0) is 12.7. The molecule has 1 heterocycles. The molecular formula is C12H20N2O3. The molecular weight excluding hydrogens is 220 g/mol. The summed E-state index contributed by atoms with van der Waals surface area (Å²) in [5.41, 5.74) is -0.537. The Labute approximate surface area is 101 Å². The molecule has 1 aliphatic heterocycles. The zero-order valence-electron chi connectivity index (χ0n) is 10.7. The first-order valence-corrected chi connectivity index (χ1v) is 6.09. The van der Waals surface area contributed by atoms with Gasteiger partial charge in [0.2, 0.25) is 5.91 Å². The van der Waals surface area contributed by atoms with Crippen LogP contribution in [0, 0.1) is 0 Å². The Morgan fingerprint density at radius 3 is 2.53 bits per heavy atom. The van der Waals surface area contributed by atoms with Crippen LogP contribution in [0.5, 0.6) is 0 Å². The van der Waals surface area contributed by atoms with E-state index in [1.54, 1.807) is 0 Å². The van der Waals surface area contributed by atoms with Gasteiger partial charge in [0.25, 0.3) is 0 Å². The molecule has 1 saturated heterocycles. The quantitative estimate of drug-likeness (QED) is 0.694. The maximum Gasteiger partial charge on any atom is 0.410 e. The number of ether oxygens (including phenoxy) is 1. The zero-order valence-corrected chi connectivity index (χ0v) is 10.7. The van der Waals surface area contributed by atoms with Crippen molar-refractivity contribution in [2.75, 3.05) is 13.1 Å². The summed E-state index contributed by atoms with van der Waals surface area (Å²) in [6.07, 6.45) is 2.49. The van der Waals surface area contributed by atoms with Gasteiger partial charge in [-0.1, -0.05) is 0 Å². The lowest BCUT2D eigenvalue weighted by atomic mass is 10.2. The third kappa shape index (κ3) is 3.11. The summed E-state index contributed by atoms with van der Waals surface area (Å²) < 4.78 is 5.28. The Morgan fingerprint density at radius 1 is 1.35 bits per heavy atom. The SMILES string of the molecule is CC(C)(C)OC(=O)N1CCC2(CC2)NC(=O)C1. The molecule has 96 valence electrons. The number of nitrogens with zero attached hydrogens (tertiary/aromatic N) is 1. The van der Waals surface area contributed by atoms with Crippen molar-refractivity contribution in [3.8, 4) is 0 Å². The van der Waals surface area contributed by atoms with Gasteiger partial charge in [-0.15, -0.1) is 0 Å². The molecule has 5 heteroatoms. The van der Waals surface area contributed by atoms with Crippen molar-refractivity contribution in [3.05, 3.63) is 0 Å². The minimum absolute atomic E-state index is 0.0200. The Kier molecular flexibility index (Phi) is 2.79. The highest BCUT2D eigenvalue weighted by Crippen LogP contribution is 2.39. The summed E-state index contributed by atoms with van der Waals surface area (Å²) in [4.78, 5) is 25.0. The third-order valence-electron chi connectivity index (χ3n) is 3.10. The third-order valence-corrected chi connectivity index (χ3v) is 3.10. The van der Waals surface area contributed by atoms with Gasteiger partial charge >= 0.3 is 6.09 Å². The summed E-state index contributed by atoms with van der Waals surface area (Å²) in [6.45, 7) is 6.17. The van der Waals surface area contributed by atoms with Crippen molar-refractivity contribution in [3.63, 3.8) is 0 Å². The van der Waals surface area contributed by atoms with Crippen LogP contribution >= 0.6 is 0 Å². The molecule has 0 aromatic carbocycles. The van der Waals surface area contributed by atoms with Gasteiger partial charge in [-0.3, -0.25) is 9.69 Å². The summed E-state index contributed by atoms with van der Waals surface area (Å²) >= 11 is 0. The molecule has 0 aromatic heterocycles. The highest BCUT2D eigenvalue weighted by molar-refractivity contribution is 5.83. The molecule has 1 saturated carbocycles. The Hall–Kier alpha value is -1.26. The minimum atomic E-state index is -0.517. The number of carbonyl (C=O) groups is 2. The lowest BCUT2D eigenvalue weighted by Gasteiger charge is -2.25. The summed E-state index contributed by atoms with van der Waals surface area (Å²) in [5, 5.41) is 2.99. The van der Waals surface area contributed by atoms with Gasteiger partial charge in [-0.05, 0) is 40.0 Å². The van der Waals surface area contributed by atoms with E-state index in [0.29, 0.717) is 6.54 Å². The highest BCUT2D eigenvalue weighted by Gasteiger charge is 2.46. The van der Waals surface area contributed by atoms with E-state index in [1.807, 2.05) is 20.8 Å². The normalized spacial score (nSPS) is 23.0. The first-order chi connectivity index (χ1) is 7.80. The van der Waals surface area contributed by atoms with Crippen molar-refractivity contribution < 1.29 is 14.3 Å². The van der Waals surface area contributed by atoms with E-state index in [-0.39, 0.29) is 18.0 Å². The lowest BCUT2D eigenvalue weighted by molar-refractivity contribution is -0.122. The Balaban J connectivity index is 1.97. The van der Waals surface area contributed by atoms with E-state index in [9.17, 15) is 9.59 Å². The van der Waals surface area contributed by atoms with E-state index >= 15 is 0 Å². The lowest BCUT2D eigenvalue weighted by Crippen LogP contribution is -2.41. The summed E-state index contributed by atoms with van der Waals surface area (Å²) in [7, 11) is 0. The van der Waals surface area contributed by atoms with Gasteiger partial charge in [0.1, 0.15) is 12.1 Å². The monoisotopic (exact) mass is 240 g/mol. The molecule has 1 aliphatic carbocycles. The van der Waals surface area contributed by atoms with Gasteiger partial charge in [0, 0.05) is 12.1 Å². The standard InChI is InChI=1S/C12H20N2O3/c1-11(2,3)17-10(16)14-7-6-12(4-5-12)13-9(15)8-14/h4-8H2,1-3H3,(H,13,15). The number of hydrogen-bond donors (Lipinski definition) is 1. The van der Waals surface area contributed by atoms with Crippen LogP contribution in [0.1, 0.15) is 40.0 Å². The molecule has 2 fully saturated rings. The van der Waals surface area contributed by atoms with Crippen LogP contribution in [0.4, 0.5) is 4.79 Å². The number of hydrogen-bond acceptors (Lipinski definition) is 3. The van der Waals surface area contributed by atoms with E-state index in [2.05, 4.69) is 5.32 Å². The van der Waals surface area contributed by atoms with Crippen LogP contribution in [-0.4, -0.2) is 41.1 Å². The Morgan fingerprint density at radius 2 is 2.00 bits per heavy atom. The van der Waals surface area contributed by atoms with E-state index in [1.165, 1.54) is 4.90 Å². The first-order valence-electron chi connectivity index (χ1n) is 6.09. The second kappa shape index (κ2) is 3.89. The average molecular weight is 240 g/mol. The molecule has 0 atom stereocenters. The van der Waals surface area contributed by atoms with Crippen molar-refractivity contribution in [1.82, 2.24) is 10.2 Å². The van der Waals surface area contributed by atoms with Gasteiger partial charge in [-0.25, -0.2) is 4.79 Å². The van der Waals surface area contributed by atoms with Crippen LogP contribution in [-0.2, 0) is 9.53 Å². The van der Waals surface area contributed by atoms with E-state index < -0.39 is 11.7 Å². The molecule has 2 amide bonds. The molecule has 5 nitrogen and oxygen atoms in total. The maximum atomic E-state index is 11.9. The smallest absolute Gasteiger partial charge is 0.410 e. The molecule has 0 radical (unpaired) electrons. The molecule has 17 heavy (non-hydrogen) atoms. The van der Waals surface area contributed by atoms with Crippen LogP contribution in [0.2, 0.25) is 0 Å². The van der Waals surface area contributed by atoms with Crippen molar-refractivity contribution in [2.45, 2.75) is 51.2 Å². The van der Waals surface area contributed by atoms with Crippen LogP contribution < -0.4 is 5.32 Å². The topological polar surface area (TPSA) is 58.6 Å². The van der Waals surface area contributed by atoms with Gasteiger partial charge in [0.05, 0.1) is 0 Å². The summed E-state index contributed by atoms with van der Waals surface area (Å²) in [6, 6.07) is 0. The minimum Gasteiger partial charge on any atom is -0.444 e. The fourth-order valence-electron chi connectivity index (χ4n) is 2.01. The molecule has 0 bridgehead atoms. The van der Waals surface area contributed by atoms with Crippen LogP contribution in [0.25, 0.3) is 0 Å². The second-order valence-electron chi connectivity index (χ2n) is 5.98. The molecule has 1 N–H and O–H groups in total. The molecule has 0 unspecified atom stereocenters. The second-order valence-corrected chi connectivity index (χ2v) is 5.98. The fourth-order valence-corrected chi connectivity index (χ4v) is 2.01. The molecule has 0 aromatic rings. The van der Waals surface area contributed by atoms with Crippen molar-refractivity contribution >= 4 is 12.0 Å². The van der Waals surface area contributed by atoms with Gasteiger partial charge in [0.15, 0.2) is 0 Å². The number of nitrogens with one attached hydrogen (secondary N) is 1. The van der Waals surface area contributed by atoms with Crippen LogP contribution in [0.3, 0.4) is 0 Å². The van der Waals surface area contributed by atoms with E-state index in [0.717, 1.165) is 19.3 Å². The molecule has 2 rings (SSSR count). The van der Waals surface area contributed by atoms with Gasteiger partial charge < -0.3 is 10.1 Å². The number of carbonyl (C=O) groups excluding carboxylic acids is 2. The predicted molar refractivity (Wildman–Crippen MR) is 62.5 cm³/mol. The fraction of sp³-hybridized carbons (Fsp3) is 0.833.